The second-order valence-corrected chi connectivity index (χ2v) is 10.8. The van der Waals surface area contributed by atoms with Gasteiger partial charge in [-0.2, -0.15) is 0 Å². The van der Waals surface area contributed by atoms with Gasteiger partial charge < -0.3 is 10.8 Å². The van der Waals surface area contributed by atoms with Gasteiger partial charge in [-0.25, -0.2) is 13.8 Å². The number of nitrogens with two attached hydrogens (primary N) is 1. The van der Waals surface area contributed by atoms with Gasteiger partial charge in [0.25, 0.3) is 5.56 Å². The average molecular weight is 553 g/mol. The maximum atomic E-state index is 14.9. The lowest BCUT2D eigenvalue weighted by molar-refractivity contribution is 0.0785. The summed E-state index contributed by atoms with van der Waals surface area (Å²) in [5.74, 6) is -1.59. The SMILES string of the molecule is [2H]C([2H])([2H])n1c(=O)n(-c2cccc(-c3ccc(C(N)=O)c4c3-c3ccc(C(C)(C)O)cc3C4)c2C)c(=O)c2cccc(F)c21. The summed E-state index contributed by atoms with van der Waals surface area (Å²) in [5, 5.41) is 10.3. The van der Waals surface area contributed by atoms with E-state index in [-0.39, 0.29) is 11.1 Å². The molecule has 1 heterocycles. The Kier molecular flexibility index (Phi) is 5.10. The van der Waals surface area contributed by atoms with Gasteiger partial charge in [0.15, 0.2) is 0 Å². The van der Waals surface area contributed by atoms with Crippen molar-refractivity contribution in [2.24, 2.45) is 12.7 Å². The molecule has 1 aliphatic rings. The third-order valence-electron chi connectivity index (χ3n) is 7.89. The van der Waals surface area contributed by atoms with E-state index in [9.17, 15) is 23.9 Å². The van der Waals surface area contributed by atoms with E-state index >= 15 is 0 Å². The van der Waals surface area contributed by atoms with E-state index in [0.29, 0.717) is 44.4 Å². The van der Waals surface area contributed by atoms with Gasteiger partial charge in [0.2, 0.25) is 5.91 Å². The third kappa shape index (κ3) is 3.94. The van der Waals surface area contributed by atoms with Gasteiger partial charge in [-0.1, -0.05) is 42.5 Å². The molecule has 0 radical (unpaired) electrons. The van der Waals surface area contributed by atoms with Crippen molar-refractivity contribution in [3.63, 3.8) is 0 Å². The first-order chi connectivity index (χ1) is 20.6. The topological polar surface area (TPSA) is 107 Å². The zero-order valence-corrected chi connectivity index (χ0v) is 22.6. The van der Waals surface area contributed by atoms with Crippen LogP contribution in [0.1, 0.15) is 50.6 Å². The Bertz CT molecular complexity index is 2180. The maximum Gasteiger partial charge on any atom is 0.335 e. The highest BCUT2D eigenvalue weighted by molar-refractivity contribution is 6.02. The molecule has 5 aromatic rings. The van der Waals surface area contributed by atoms with Gasteiger partial charge in [0, 0.05) is 16.7 Å². The van der Waals surface area contributed by atoms with E-state index in [1.54, 1.807) is 45.0 Å². The zero-order valence-electron chi connectivity index (χ0n) is 25.6. The van der Waals surface area contributed by atoms with Gasteiger partial charge in [0.05, 0.1) is 22.2 Å². The molecule has 0 spiro atoms. The molecular weight excluding hydrogens is 521 g/mol. The highest BCUT2D eigenvalue weighted by Crippen LogP contribution is 2.46. The van der Waals surface area contributed by atoms with Crippen LogP contribution in [0, 0.1) is 12.7 Å². The molecule has 0 atom stereocenters. The lowest BCUT2D eigenvalue weighted by Gasteiger charge is -2.19. The van der Waals surface area contributed by atoms with E-state index < -0.39 is 41.1 Å². The minimum Gasteiger partial charge on any atom is -0.386 e. The molecule has 206 valence electrons. The Balaban J connectivity index is 1.65. The fourth-order valence-corrected chi connectivity index (χ4v) is 5.84. The molecule has 1 aromatic heterocycles. The van der Waals surface area contributed by atoms with Crippen molar-refractivity contribution < 1.29 is 18.4 Å². The number of aliphatic hydroxyl groups is 1. The minimum atomic E-state index is -3.07. The first kappa shape index (κ1) is 22.9. The number of amides is 1. The van der Waals surface area contributed by atoms with Crippen molar-refractivity contribution in [3.8, 4) is 27.9 Å². The number of hydrogen-bond acceptors (Lipinski definition) is 4. The van der Waals surface area contributed by atoms with Crippen LogP contribution in [0.3, 0.4) is 0 Å². The number of benzene rings is 4. The summed E-state index contributed by atoms with van der Waals surface area (Å²) in [5.41, 5.74) is 8.24. The molecule has 0 fully saturated rings. The molecule has 7 nitrogen and oxygen atoms in total. The lowest BCUT2D eigenvalue weighted by atomic mass is 9.88. The van der Waals surface area contributed by atoms with Crippen molar-refractivity contribution in [1.29, 1.82) is 0 Å². The van der Waals surface area contributed by atoms with Gasteiger partial charge in [-0.3, -0.25) is 14.2 Å². The smallest absolute Gasteiger partial charge is 0.335 e. The Morgan fingerprint density at radius 3 is 2.46 bits per heavy atom. The first-order valence-corrected chi connectivity index (χ1v) is 13.0. The Labute approximate surface area is 239 Å². The van der Waals surface area contributed by atoms with E-state index in [1.165, 1.54) is 18.2 Å². The molecule has 8 heteroatoms. The van der Waals surface area contributed by atoms with Crippen LogP contribution in [-0.4, -0.2) is 20.1 Å². The lowest BCUT2D eigenvalue weighted by Crippen LogP contribution is -2.38. The molecule has 1 amide bonds. The summed E-state index contributed by atoms with van der Waals surface area (Å²) in [6, 6.07) is 17.5. The summed E-state index contributed by atoms with van der Waals surface area (Å²) in [6.45, 7) is 2.01. The molecule has 0 aliphatic heterocycles. The molecular formula is C33H28FN3O4. The summed E-state index contributed by atoms with van der Waals surface area (Å²) in [4.78, 5) is 39.9. The van der Waals surface area contributed by atoms with Gasteiger partial charge in [-0.05, 0) is 96.0 Å². The van der Waals surface area contributed by atoms with Crippen molar-refractivity contribution >= 4 is 16.8 Å². The molecule has 0 bridgehead atoms. The number of para-hydroxylation sites is 1. The number of primary amides is 1. The Hall–Kier alpha value is -4.82. The van der Waals surface area contributed by atoms with Crippen LogP contribution in [0.15, 0.2) is 76.3 Å². The summed E-state index contributed by atoms with van der Waals surface area (Å²) in [6.07, 6.45) is 0.401. The first-order valence-electron chi connectivity index (χ1n) is 14.5. The number of aryl methyl sites for hydroxylation is 1. The number of hydrogen-bond donors (Lipinski definition) is 2. The quantitative estimate of drug-likeness (QED) is 0.331. The number of fused-ring (bicyclic) bond motifs is 4. The van der Waals surface area contributed by atoms with E-state index in [0.717, 1.165) is 27.3 Å². The van der Waals surface area contributed by atoms with Crippen molar-refractivity contribution in [2.45, 2.75) is 32.8 Å². The molecule has 1 aliphatic carbocycles. The fourth-order valence-electron chi connectivity index (χ4n) is 5.84. The van der Waals surface area contributed by atoms with Crippen LogP contribution >= 0.6 is 0 Å². The summed E-state index contributed by atoms with van der Waals surface area (Å²) >= 11 is 0. The number of aromatic nitrogens is 2. The number of nitrogens with zero attached hydrogens (tertiary/aromatic N) is 2. The van der Waals surface area contributed by atoms with Crippen molar-refractivity contribution in [2.75, 3.05) is 0 Å². The number of carbonyl (C=O) groups is 1. The molecule has 3 N–H and O–H groups in total. The molecule has 0 saturated heterocycles. The molecule has 4 aromatic carbocycles. The van der Waals surface area contributed by atoms with Gasteiger partial charge in [-0.15, -0.1) is 0 Å². The highest BCUT2D eigenvalue weighted by atomic mass is 19.1. The van der Waals surface area contributed by atoms with Crippen molar-refractivity contribution in [3.05, 3.63) is 121 Å². The highest BCUT2D eigenvalue weighted by Gasteiger charge is 2.29. The molecule has 6 rings (SSSR count). The zero-order chi connectivity index (χ0) is 31.9. The predicted octanol–water partition coefficient (Wildman–Crippen LogP) is 4.70. The normalized spacial score (nSPS) is 13.8. The largest absolute Gasteiger partial charge is 0.386 e. The van der Waals surface area contributed by atoms with Gasteiger partial charge >= 0.3 is 5.69 Å². The van der Waals surface area contributed by atoms with E-state index in [1.807, 2.05) is 18.2 Å². The summed E-state index contributed by atoms with van der Waals surface area (Å²) in [7, 11) is 0. The number of halogens is 1. The van der Waals surface area contributed by atoms with Crippen LogP contribution in [0.25, 0.3) is 38.8 Å². The summed E-state index contributed by atoms with van der Waals surface area (Å²) < 4.78 is 39.9. The van der Waals surface area contributed by atoms with Crippen LogP contribution in [-0.2, 0) is 19.0 Å². The third-order valence-corrected chi connectivity index (χ3v) is 7.89. The van der Waals surface area contributed by atoms with Crippen LogP contribution in [0.4, 0.5) is 4.39 Å². The number of carbonyl (C=O) groups excluding carboxylic acids is 1. The standard InChI is InChI=1S/C33H28FN3O4/c1-17-20(7-6-10-27(17)37-31(39)24-8-5-9-26(34)29(24)36(4)32(37)40)22-13-14-23(30(35)38)25-16-18-15-19(33(2,3)41)11-12-21(18)28(22)25/h5-15,41H,16H2,1-4H3,(H2,35,38)/i4D3. The fraction of sp³-hybridized carbons (Fsp3) is 0.182. The Morgan fingerprint density at radius 1 is 1.02 bits per heavy atom. The predicted molar refractivity (Wildman–Crippen MR) is 157 cm³/mol. The molecule has 0 saturated carbocycles. The second kappa shape index (κ2) is 9.11. The van der Waals surface area contributed by atoms with Crippen LogP contribution in [0.5, 0.6) is 0 Å². The van der Waals surface area contributed by atoms with E-state index in [4.69, 9.17) is 9.85 Å². The second-order valence-electron chi connectivity index (χ2n) is 10.8. The monoisotopic (exact) mass is 552 g/mol. The van der Waals surface area contributed by atoms with Gasteiger partial charge in [0.1, 0.15) is 5.82 Å². The average Bonchev–Trinajstić information content (AvgIpc) is 3.32. The Morgan fingerprint density at radius 2 is 1.76 bits per heavy atom. The minimum absolute atomic E-state index is 0.130. The van der Waals surface area contributed by atoms with Crippen LogP contribution < -0.4 is 17.0 Å². The van der Waals surface area contributed by atoms with Crippen LogP contribution in [0.2, 0.25) is 0 Å². The van der Waals surface area contributed by atoms with Crippen molar-refractivity contribution in [1.82, 2.24) is 9.13 Å². The molecule has 41 heavy (non-hydrogen) atoms. The maximum absolute atomic E-state index is 14.9. The number of rotatable bonds is 4. The van der Waals surface area contributed by atoms with E-state index in [2.05, 4.69) is 0 Å². The molecule has 0 unspecified atom stereocenters.